The molecule has 4 nitrogen and oxygen atoms in total. The molecule has 1 saturated carbocycles. The summed E-state index contributed by atoms with van der Waals surface area (Å²) in [5.74, 6) is 1.07. The molecular formula is C15H25N3O. The molecule has 0 radical (unpaired) electrons. The zero-order chi connectivity index (χ0) is 13.7. The first-order valence-corrected chi connectivity index (χ1v) is 7.57. The van der Waals surface area contributed by atoms with E-state index in [2.05, 4.69) is 11.0 Å². The molecule has 0 spiro atoms. The van der Waals surface area contributed by atoms with Crippen LogP contribution in [-0.4, -0.2) is 48.4 Å². The number of rotatable bonds is 5. The third-order valence-electron chi connectivity index (χ3n) is 4.71. The number of amides is 1. The van der Waals surface area contributed by atoms with E-state index < -0.39 is 0 Å². The van der Waals surface area contributed by atoms with Crippen LogP contribution in [0.1, 0.15) is 44.9 Å². The van der Waals surface area contributed by atoms with E-state index in [0.717, 1.165) is 25.0 Å². The van der Waals surface area contributed by atoms with Gasteiger partial charge in [-0.2, -0.15) is 5.26 Å². The van der Waals surface area contributed by atoms with Crippen LogP contribution in [-0.2, 0) is 4.79 Å². The monoisotopic (exact) mass is 263 g/mol. The van der Waals surface area contributed by atoms with Crippen LogP contribution in [0, 0.1) is 17.2 Å². The van der Waals surface area contributed by atoms with E-state index in [9.17, 15) is 4.79 Å². The summed E-state index contributed by atoms with van der Waals surface area (Å²) < 4.78 is 0. The van der Waals surface area contributed by atoms with Crippen molar-refractivity contribution in [1.82, 2.24) is 9.80 Å². The van der Waals surface area contributed by atoms with E-state index >= 15 is 0 Å². The number of piperidine rings is 1. The summed E-state index contributed by atoms with van der Waals surface area (Å²) in [5.41, 5.74) is 0. The van der Waals surface area contributed by atoms with Crippen LogP contribution in [0.15, 0.2) is 0 Å². The van der Waals surface area contributed by atoms with Gasteiger partial charge in [-0.3, -0.25) is 9.69 Å². The lowest BCUT2D eigenvalue weighted by Gasteiger charge is -2.37. The maximum atomic E-state index is 12.0. The zero-order valence-corrected chi connectivity index (χ0v) is 12.0. The van der Waals surface area contributed by atoms with Crippen molar-refractivity contribution in [2.45, 2.75) is 51.0 Å². The van der Waals surface area contributed by atoms with Crippen molar-refractivity contribution in [3.8, 4) is 6.07 Å². The fraction of sp³-hybridized carbons (Fsp3) is 0.867. The molecule has 1 saturated heterocycles. The van der Waals surface area contributed by atoms with Crippen molar-refractivity contribution in [2.24, 2.45) is 5.92 Å². The van der Waals surface area contributed by atoms with Crippen molar-refractivity contribution >= 4 is 5.91 Å². The first-order chi connectivity index (χ1) is 9.22. The van der Waals surface area contributed by atoms with E-state index in [1.54, 1.807) is 11.9 Å². The molecule has 4 heteroatoms. The van der Waals surface area contributed by atoms with Gasteiger partial charge in [0.05, 0.1) is 12.5 Å². The SMILES string of the molecule is CN(CCC#N)C(=O)CCN1CCCC2CCCC21. The standard InChI is InChI=1S/C15H25N3O/c1-17(10-4-9-16)15(19)8-12-18-11-3-6-13-5-2-7-14(13)18/h13-14H,2-8,10-12H2,1H3. The predicted octanol–water partition coefficient (Wildman–Crippen LogP) is 2.01. The Balaban J connectivity index is 1.75. The molecule has 0 N–H and O–H groups in total. The highest BCUT2D eigenvalue weighted by Crippen LogP contribution is 2.36. The molecule has 19 heavy (non-hydrogen) atoms. The van der Waals surface area contributed by atoms with Gasteiger partial charge in [0.25, 0.3) is 0 Å². The van der Waals surface area contributed by atoms with E-state index in [0.29, 0.717) is 19.4 Å². The molecule has 1 aliphatic carbocycles. The number of likely N-dealkylation sites (tertiary alicyclic amines) is 1. The maximum absolute atomic E-state index is 12.0. The summed E-state index contributed by atoms with van der Waals surface area (Å²) in [6.45, 7) is 2.62. The molecule has 0 aromatic rings. The van der Waals surface area contributed by atoms with Crippen molar-refractivity contribution in [3.05, 3.63) is 0 Å². The van der Waals surface area contributed by atoms with E-state index in [1.165, 1.54) is 32.1 Å². The van der Waals surface area contributed by atoms with Gasteiger partial charge in [-0.05, 0) is 38.1 Å². The number of carbonyl (C=O) groups excluding carboxylic acids is 1. The first kappa shape index (κ1) is 14.3. The maximum Gasteiger partial charge on any atom is 0.223 e. The van der Waals surface area contributed by atoms with Gasteiger partial charge in [0.1, 0.15) is 0 Å². The molecule has 2 rings (SSSR count). The summed E-state index contributed by atoms with van der Waals surface area (Å²) in [4.78, 5) is 16.2. The summed E-state index contributed by atoms with van der Waals surface area (Å²) >= 11 is 0. The number of fused-ring (bicyclic) bond motifs is 1. The van der Waals surface area contributed by atoms with Gasteiger partial charge in [0.2, 0.25) is 5.91 Å². The van der Waals surface area contributed by atoms with E-state index in [1.807, 2.05) is 0 Å². The summed E-state index contributed by atoms with van der Waals surface area (Å²) in [6, 6.07) is 2.83. The lowest BCUT2D eigenvalue weighted by Crippen LogP contribution is -2.44. The Morgan fingerprint density at radius 3 is 2.95 bits per heavy atom. The molecule has 2 aliphatic rings. The lowest BCUT2D eigenvalue weighted by atomic mass is 9.92. The largest absolute Gasteiger partial charge is 0.345 e. The molecule has 0 aromatic carbocycles. The van der Waals surface area contributed by atoms with Crippen LogP contribution < -0.4 is 0 Å². The van der Waals surface area contributed by atoms with Gasteiger partial charge in [0.15, 0.2) is 0 Å². The third-order valence-corrected chi connectivity index (χ3v) is 4.71. The minimum absolute atomic E-state index is 0.176. The normalized spacial score (nSPS) is 26.7. The molecule has 2 fully saturated rings. The topological polar surface area (TPSA) is 47.3 Å². The predicted molar refractivity (Wildman–Crippen MR) is 74.4 cm³/mol. The highest BCUT2D eigenvalue weighted by atomic mass is 16.2. The second-order valence-electron chi connectivity index (χ2n) is 5.91. The quantitative estimate of drug-likeness (QED) is 0.762. The van der Waals surface area contributed by atoms with Crippen LogP contribution in [0.25, 0.3) is 0 Å². The van der Waals surface area contributed by atoms with Crippen molar-refractivity contribution in [3.63, 3.8) is 0 Å². The smallest absolute Gasteiger partial charge is 0.223 e. The summed E-state index contributed by atoms with van der Waals surface area (Å²) in [5, 5.41) is 8.54. The fourth-order valence-electron chi connectivity index (χ4n) is 3.61. The molecule has 106 valence electrons. The Morgan fingerprint density at radius 2 is 2.16 bits per heavy atom. The Kier molecular flexibility index (Phi) is 5.21. The first-order valence-electron chi connectivity index (χ1n) is 7.57. The minimum Gasteiger partial charge on any atom is -0.345 e. The third kappa shape index (κ3) is 3.70. The molecule has 2 atom stereocenters. The molecule has 1 amide bonds. The number of hydrogen-bond donors (Lipinski definition) is 0. The average molecular weight is 263 g/mol. The van der Waals surface area contributed by atoms with Crippen LogP contribution in [0.3, 0.4) is 0 Å². The second kappa shape index (κ2) is 6.91. The average Bonchev–Trinajstić information content (AvgIpc) is 2.90. The minimum atomic E-state index is 0.176. The van der Waals surface area contributed by atoms with Gasteiger partial charge >= 0.3 is 0 Å². The van der Waals surface area contributed by atoms with E-state index in [4.69, 9.17) is 5.26 Å². The van der Waals surface area contributed by atoms with Crippen molar-refractivity contribution < 1.29 is 4.79 Å². The number of nitrogens with zero attached hydrogens (tertiary/aromatic N) is 3. The molecule has 2 unspecified atom stereocenters. The Labute approximate surface area is 116 Å². The van der Waals surface area contributed by atoms with E-state index in [-0.39, 0.29) is 5.91 Å². The van der Waals surface area contributed by atoms with Crippen LogP contribution in [0.5, 0.6) is 0 Å². The highest BCUT2D eigenvalue weighted by Gasteiger charge is 2.34. The number of hydrogen-bond acceptors (Lipinski definition) is 3. The molecule has 0 aromatic heterocycles. The van der Waals surface area contributed by atoms with Gasteiger partial charge in [-0.1, -0.05) is 6.42 Å². The van der Waals surface area contributed by atoms with Crippen LogP contribution >= 0.6 is 0 Å². The Bertz CT molecular complexity index is 350. The van der Waals surface area contributed by atoms with Gasteiger partial charge < -0.3 is 4.90 Å². The van der Waals surface area contributed by atoms with Gasteiger partial charge in [-0.25, -0.2) is 0 Å². The summed E-state index contributed by atoms with van der Waals surface area (Å²) in [6.07, 6.45) is 7.78. The van der Waals surface area contributed by atoms with Gasteiger partial charge in [0, 0.05) is 32.6 Å². The Morgan fingerprint density at radius 1 is 1.37 bits per heavy atom. The molecular weight excluding hydrogens is 238 g/mol. The lowest BCUT2D eigenvalue weighted by molar-refractivity contribution is -0.130. The van der Waals surface area contributed by atoms with Crippen molar-refractivity contribution in [1.29, 1.82) is 5.26 Å². The van der Waals surface area contributed by atoms with Crippen LogP contribution in [0.4, 0.5) is 0 Å². The zero-order valence-electron chi connectivity index (χ0n) is 12.0. The van der Waals surface area contributed by atoms with Crippen molar-refractivity contribution in [2.75, 3.05) is 26.7 Å². The highest BCUT2D eigenvalue weighted by molar-refractivity contribution is 5.76. The Hall–Kier alpha value is -1.08. The molecule has 0 bridgehead atoms. The fourth-order valence-corrected chi connectivity index (χ4v) is 3.61. The van der Waals surface area contributed by atoms with Crippen LogP contribution in [0.2, 0.25) is 0 Å². The van der Waals surface area contributed by atoms with Gasteiger partial charge in [-0.15, -0.1) is 0 Å². The summed E-state index contributed by atoms with van der Waals surface area (Å²) in [7, 11) is 1.80. The molecule has 1 heterocycles. The second-order valence-corrected chi connectivity index (χ2v) is 5.91. The number of carbonyl (C=O) groups is 1. The molecule has 1 aliphatic heterocycles. The number of nitriles is 1.